The molecule has 1 unspecified atom stereocenters. The summed E-state index contributed by atoms with van der Waals surface area (Å²) >= 11 is 0. The van der Waals surface area contributed by atoms with E-state index >= 15 is 0 Å². The van der Waals surface area contributed by atoms with E-state index in [1.165, 1.54) is 0 Å². The predicted molar refractivity (Wildman–Crippen MR) is 101 cm³/mol. The maximum Gasteiger partial charge on any atom is 0.555 e. The largest absolute Gasteiger partial charge is 0.555 e. The van der Waals surface area contributed by atoms with Crippen molar-refractivity contribution in [1.29, 1.82) is 0 Å². The number of para-hydroxylation sites is 1. The summed E-state index contributed by atoms with van der Waals surface area (Å²) in [5.74, 6) is 0. The quantitative estimate of drug-likeness (QED) is 0.409. The second-order valence-corrected chi connectivity index (χ2v) is 7.02. The number of benzene rings is 1. The number of hydroxylamine groups is 2. The molecule has 2 aliphatic rings. The molecule has 1 amide bonds. The van der Waals surface area contributed by atoms with Gasteiger partial charge in [-0.1, -0.05) is 22.8 Å². The van der Waals surface area contributed by atoms with Gasteiger partial charge in [-0.2, -0.15) is 4.79 Å². The Hall–Kier alpha value is -3.07. The van der Waals surface area contributed by atoms with E-state index in [0.29, 0.717) is 16.9 Å². The molecule has 2 aromatic heterocycles. The summed E-state index contributed by atoms with van der Waals surface area (Å²) in [7, 11) is 0. The van der Waals surface area contributed by atoms with E-state index in [1.54, 1.807) is 17.6 Å². The van der Waals surface area contributed by atoms with E-state index < -0.39 is 10.7 Å². The summed E-state index contributed by atoms with van der Waals surface area (Å²) in [4.78, 5) is 30.0. The van der Waals surface area contributed by atoms with Crippen molar-refractivity contribution >= 4 is 22.7 Å². The Balaban J connectivity index is 1.84. The van der Waals surface area contributed by atoms with Crippen molar-refractivity contribution < 1.29 is 19.8 Å². The lowest BCUT2D eigenvalue weighted by Gasteiger charge is -2.29. The zero-order chi connectivity index (χ0) is 19.6. The number of aliphatic hydroxyl groups excluding tert-OH is 1. The van der Waals surface area contributed by atoms with Crippen LogP contribution < -0.4 is 10.2 Å². The number of hydrogen-bond acceptors (Lipinski definition) is 6. The number of carbonyl (C=O) groups is 1. The molecule has 0 fully saturated rings. The maximum atomic E-state index is 13.1. The van der Waals surface area contributed by atoms with Crippen LogP contribution >= 0.6 is 0 Å². The SMILES string of the molecule is CC[N+]1(O)C(=O)OCc2c1cc1n(c2=O)Cc2c-1nc1ccccc1c2CO. The molecule has 0 saturated carbocycles. The summed E-state index contributed by atoms with van der Waals surface area (Å²) < 4.78 is 5.54. The Morgan fingerprint density at radius 1 is 1.25 bits per heavy atom. The molecule has 0 bridgehead atoms. The second kappa shape index (κ2) is 5.71. The van der Waals surface area contributed by atoms with Crippen LogP contribution in [0.5, 0.6) is 0 Å². The third-order valence-electron chi connectivity index (χ3n) is 5.70. The van der Waals surface area contributed by atoms with Crippen LogP contribution in [0.2, 0.25) is 0 Å². The highest BCUT2D eigenvalue weighted by Crippen LogP contribution is 2.39. The average molecular weight is 380 g/mol. The molecule has 8 heteroatoms. The van der Waals surface area contributed by atoms with Crippen LogP contribution in [-0.4, -0.2) is 32.5 Å². The molecule has 4 heterocycles. The Kier molecular flexibility index (Phi) is 3.48. The molecule has 142 valence electrons. The third-order valence-corrected chi connectivity index (χ3v) is 5.70. The number of hydrogen-bond donors (Lipinski definition) is 2. The van der Waals surface area contributed by atoms with Crippen LogP contribution in [0.15, 0.2) is 35.1 Å². The third kappa shape index (κ3) is 2.02. The number of rotatable bonds is 2. The summed E-state index contributed by atoms with van der Waals surface area (Å²) in [5, 5.41) is 21.7. The fraction of sp³-hybridized carbons (Fsp3) is 0.250. The van der Waals surface area contributed by atoms with E-state index in [0.717, 1.165) is 16.5 Å². The number of pyridine rings is 2. The Morgan fingerprint density at radius 2 is 2.04 bits per heavy atom. The number of fused-ring (bicyclic) bond motifs is 5. The molecular weight excluding hydrogens is 362 g/mol. The molecule has 1 atom stereocenters. The molecule has 3 aromatic rings. The fourth-order valence-corrected chi connectivity index (χ4v) is 4.17. The minimum Gasteiger partial charge on any atom is -0.412 e. The first-order valence-electron chi connectivity index (χ1n) is 9.06. The Labute approximate surface area is 159 Å². The van der Waals surface area contributed by atoms with Gasteiger partial charge in [-0.3, -0.25) is 4.79 Å². The van der Waals surface area contributed by atoms with E-state index in [-0.39, 0.29) is 43.1 Å². The van der Waals surface area contributed by atoms with Crippen LogP contribution in [-0.2, 0) is 24.5 Å². The van der Waals surface area contributed by atoms with Gasteiger partial charge < -0.3 is 14.4 Å². The van der Waals surface area contributed by atoms with Gasteiger partial charge in [0.05, 0.1) is 30.1 Å². The number of nitrogens with zero attached hydrogens (tertiary/aromatic N) is 3. The van der Waals surface area contributed by atoms with Crippen LogP contribution in [0.3, 0.4) is 0 Å². The highest BCUT2D eigenvalue weighted by molar-refractivity contribution is 5.89. The first kappa shape index (κ1) is 17.1. The lowest BCUT2D eigenvalue weighted by Crippen LogP contribution is -2.55. The van der Waals surface area contributed by atoms with Crippen LogP contribution in [0.25, 0.3) is 22.3 Å². The lowest BCUT2D eigenvalue weighted by atomic mass is 10.0. The van der Waals surface area contributed by atoms with Crippen molar-refractivity contribution in [3.05, 3.63) is 57.4 Å². The van der Waals surface area contributed by atoms with E-state index in [4.69, 9.17) is 9.72 Å². The summed E-state index contributed by atoms with van der Waals surface area (Å²) in [6, 6.07) is 9.13. The molecule has 0 aliphatic carbocycles. The highest BCUT2D eigenvalue weighted by atomic mass is 16.7. The molecular formula is C20H18N3O5+. The maximum absolute atomic E-state index is 13.1. The summed E-state index contributed by atoms with van der Waals surface area (Å²) in [6.07, 6.45) is -0.805. The molecule has 8 nitrogen and oxygen atoms in total. The fourth-order valence-electron chi connectivity index (χ4n) is 4.17. The summed E-state index contributed by atoms with van der Waals surface area (Å²) in [5.41, 5.74) is 3.50. The predicted octanol–water partition coefficient (Wildman–Crippen LogP) is 2.28. The topological polar surface area (TPSA) is 102 Å². The molecule has 1 aromatic carbocycles. The van der Waals surface area contributed by atoms with Crippen LogP contribution in [0, 0.1) is 0 Å². The van der Waals surface area contributed by atoms with Gasteiger partial charge in [-0.25, -0.2) is 10.2 Å². The zero-order valence-corrected chi connectivity index (χ0v) is 15.2. The molecule has 28 heavy (non-hydrogen) atoms. The van der Waals surface area contributed by atoms with Gasteiger partial charge in [0, 0.05) is 17.0 Å². The smallest absolute Gasteiger partial charge is 0.412 e. The van der Waals surface area contributed by atoms with E-state index in [9.17, 15) is 19.9 Å². The molecule has 0 saturated heterocycles. The van der Waals surface area contributed by atoms with Gasteiger partial charge in [0.1, 0.15) is 18.7 Å². The number of aliphatic hydroxyl groups is 1. The number of amides is 1. The first-order chi connectivity index (χ1) is 13.5. The first-order valence-corrected chi connectivity index (χ1v) is 9.06. The summed E-state index contributed by atoms with van der Waals surface area (Å²) in [6.45, 7) is 1.60. The molecule has 0 spiro atoms. The van der Waals surface area contributed by atoms with E-state index in [1.807, 2.05) is 24.3 Å². The van der Waals surface area contributed by atoms with Gasteiger partial charge in [0.15, 0.2) is 5.69 Å². The minimum atomic E-state index is -1.08. The molecule has 5 rings (SSSR count). The van der Waals surface area contributed by atoms with Crippen molar-refractivity contribution in [2.75, 3.05) is 6.54 Å². The Bertz CT molecular complexity index is 1230. The molecule has 0 radical (unpaired) electrons. The van der Waals surface area contributed by atoms with E-state index in [2.05, 4.69) is 0 Å². The normalized spacial score (nSPS) is 19.9. The van der Waals surface area contributed by atoms with Crippen molar-refractivity contribution in [2.45, 2.75) is 26.7 Å². The number of carbonyl (C=O) groups excluding carboxylic acids is 1. The number of quaternary nitrogens is 1. The average Bonchev–Trinajstić information content (AvgIpc) is 3.08. The standard InChI is InChI=1S/C20H18N3O5/c1-2-23(27)17-7-16-18-12(8-22(16)19(25)14(17)10-28-20(23)26)13(9-24)11-5-3-4-6-15(11)21-18/h3-7,24,27H,2,8-10H2,1H3/q+1. The lowest BCUT2D eigenvalue weighted by molar-refractivity contribution is -0.0744. The Morgan fingerprint density at radius 3 is 2.79 bits per heavy atom. The van der Waals surface area contributed by atoms with Crippen LogP contribution in [0.4, 0.5) is 10.5 Å². The number of ether oxygens (including phenoxy) is 1. The minimum absolute atomic E-state index is 0.0363. The highest BCUT2D eigenvalue weighted by Gasteiger charge is 2.47. The van der Waals surface area contributed by atoms with Crippen LogP contribution in [0.1, 0.15) is 23.6 Å². The monoisotopic (exact) mass is 380 g/mol. The number of aromatic nitrogens is 2. The van der Waals surface area contributed by atoms with Gasteiger partial charge in [0.2, 0.25) is 0 Å². The van der Waals surface area contributed by atoms with Gasteiger partial charge >= 0.3 is 6.09 Å². The number of cyclic esters (lactones) is 1. The zero-order valence-electron chi connectivity index (χ0n) is 15.2. The van der Waals surface area contributed by atoms with Crippen molar-refractivity contribution in [2.24, 2.45) is 0 Å². The van der Waals surface area contributed by atoms with Gasteiger partial charge in [-0.15, -0.1) is 0 Å². The van der Waals surface area contributed by atoms with Crippen molar-refractivity contribution in [3.8, 4) is 11.4 Å². The van der Waals surface area contributed by atoms with Gasteiger partial charge in [0.25, 0.3) is 5.56 Å². The molecule has 2 aliphatic heterocycles. The van der Waals surface area contributed by atoms with Crippen molar-refractivity contribution in [3.63, 3.8) is 0 Å². The van der Waals surface area contributed by atoms with Gasteiger partial charge in [-0.05, 0) is 18.6 Å². The molecule has 2 N–H and O–H groups in total. The van der Waals surface area contributed by atoms with Crippen molar-refractivity contribution in [1.82, 2.24) is 14.2 Å². The second-order valence-electron chi connectivity index (χ2n) is 7.02.